The van der Waals surface area contributed by atoms with E-state index in [-0.39, 0.29) is 10.6 Å². The summed E-state index contributed by atoms with van der Waals surface area (Å²) in [6.07, 6.45) is 0. The first kappa shape index (κ1) is 13.1. The summed E-state index contributed by atoms with van der Waals surface area (Å²) in [5, 5.41) is 21.1. The highest BCUT2D eigenvalue weighted by molar-refractivity contribution is 5.53. The van der Waals surface area contributed by atoms with Gasteiger partial charge in [-0.05, 0) is 32.9 Å². The molecule has 0 atom stereocenters. The van der Waals surface area contributed by atoms with Gasteiger partial charge in [0.1, 0.15) is 0 Å². The Morgan fingerprint density at radius 1 is 1.37 bits per heavy atom. The Kier molecular flexibility index (Phi) is 3.50. The van der Waals surface area contributed by atoms with Crippen LogP contribution in [0.25, 0.3) is 0 Å². The fourth-order valence-corrected chi connectivity index (χ4v) is 2.00. The van der Waals surface area contributed by atoms with E-state index in [1.165, 1.54) is 6.07 Å². The molecule has 1 aromatic heterocycles. The molecule has 2 aromatic rings. The quantitative estimate of drug-likeness (QED) is 0.654. The summed E-state index contributed by atoms with van der Waals surface area (Å²) < 4.78 is 0. The van der Waals surface area contributed by atoms with Crippen molar-refractivity contribution in [2.45, 2.75) is 27.3 Å². The van der Waals surface area contributed by atoms with Crippen molar-refractivity contribution in [1.29, 1.82) is 0 Å². The minimum absolute atomic E-state index is 0.140. The van der Waals surface area contributed by atoms with E-state index in [1.807, 2.05) is 13.8 Å². The van der Waals surface area contributed by atoms with Gasteiger partial charge in [-0.25, -0.2) is 0 Å². The summed E-state index contributed by atoms with van der Waals surface area (Å²) in [5.41, 5.74) is 4.77. The molecule has 0 unspecified atom stereocenters. The van der Waals surface area contributed by atoms with E-state index in [0.29, 0.717) is 12.1 Å². The van der Waals surface area contributed by atoms with Crippen molar-refractivity contribution < 1.29 is 4.92 Å². The molecule has 2 rings (SSSR count). The predicted octanol–water partition coefficient (Wildman–Crippen LogP) is 2.86. The van der Waals surface area contributed by atoms with Gasteiger partial charge in [0.05, 0.1) is 10.6 Å². The maximum absolute atomic E-state index is 10.7. The molecule has 0 fully saturated rings. The second-order valence-electron chi connectivity index (χ2n) is 4.52. The van der Waals surface area contributed by atoms with Crippen molar-refractivity contribution in [3.05, 3.63) is 50.8 Å². The second kappa shape index (κ2) is 5.09. The molecule has 0 saturated carbocycles. The van der Waals surface area contributed by atoms with Gasteiger partial charge in [-0.1, -0.05) is 0 Å². The van der Waals surface area contributed by atoms with Crippen LogP contribution in [0.4, 0.5) is 11.4 Å². The van der Waals surface area contributed by atoms with Crippen molar-refractivity contribution in [1.82, 2.24) is 10.2 Å². The van der Waals surface area contributed by atoms with E-state index in [1.54, 1.807) is 19.1 Å². The molecular formula is C13H16N4O2. The zero-order chi connectivity index (χ0) is 14.0. The smallest absolute Gasteiger partial charge is 0.272 e. The minimum atomic E-state index is -0.372. The average molecular weight is 260 g/mol. The van der Waals surface area contributed by atoms with Crippen LogP contribution in [0.1, 0.15) is 22.5 Å². The summed E-state index contributed by atoms with van der Waals surface area (Å²) in [6, 6.07) is 5.02. The Balaban J connectivity index is 2.13. The fraction of sp³-hybridized carbons (Fsp3) is 0.308. The van der Waals surface area contributed by atoms with E-state index in [4.69, 9.17) is 0 Å². The standard InChI is InChI=1S/C13H16N4O2/c1-8-6-11(4-5-13(8)17(18)19)14-7-12-9(2)15-16-10(12)3/h4-6,14H,7H2,1-3H3,(H,15,16). The van der Waals surface area contributed by atoms with Gasteiger partial charge in [0.15, 0.2) is 0 Å². The van der Waals surface area contributed by atoms with Crippen LogP contribution in [-0.2, 0) is 6.54 Å². The van der Waals surface area contributed by atoms with E-state index in [2.05, 4.69) is 15.5 Å². The third kappa shape index (κ3) is 2.73. The summed E-state index contributed by atoms with van der Waals surface area (Å²) in [6.45, 7) is 6.29. The lowest BCUT2D eigenvalue weighted by atomic mass is 10.1. The number of aryl methyl sites for hydroxylation is 3. The first-order valence-corrected chi connectivity index (χ1v) is 5.98. The number of hydrogen-bond acceptors (Lipinski definition) is 4. The van der Waals surface area contributed by atoms with Crippen molar-refractivity contribution in [2.24, 2.45) is 0 Å². The molecule has 0 aliphatic heterocycles. The summed E-state index contributed by atoms with van der Waals surface area (Å²) >= 11 is 0. The van der Waals surface area contributed by atoms with E-state index < -0.39 is 0 Å². The van der Waals surface area contributed by atoms with Crippen molar-refractivity contribution >= 4 is 11.4 Å². The van der Waals surface area contributed by atoms with Gasteiger partial charge in [-0.15, -0.1) is 0 Å². The summed E-state index contributed by atoms with van der Waals surface area (Å²) in [5.74, 6) is 0. The van der Waals surface area contributed by atoms with Gasteiger partial charge in [-0.2, -0.15) is 5.10 Å². The van der Waals surface area contributed by atoms with Crippen molar-refractivity contribution in [3.8, 4) is 0 Å². The normalized spacial score (nSPS) is 10.5. The highest BCUT2D eigenvalue weighted by Crippen LogP contribution is 2.22. The molecule has 6 heteroatoms. The lowest BCUT2D eigenvalue weighted by Crippen LogP contribution is -2.02. The molecule has 0 amide bonds. The first-order chi connectivity index (χ1) is 8.99. The van der Waals surface area contributed by atoms with Crippen molar-refractivity contribution in [3.63, 3.8) is 0 Å². The van der Waals surface area contributed by atoms with E-state index in [0.717, 1.165) is 22.6 Å². The number of anilines is 1. The predicted molar refractivity (Wildman–Crippen MR) is 73.2 cm³/mol. The van der Waals surface area contributed by atoms with E-state index >= 15 is 0 Å². The number of aromatic amines is 1. The number of nitrogens with zero attached hydrogens (tertiary/aromatic N) is 2. The number of nitrogens with one attached hydrogen (secondary N) is 2. The van der Waals surface area contributed by atoms with Gasteiger partial charge in [0, 0.05) is 35.1 Å². The zero-order valence-electron chi connectivity index (χ0n) is 11.2. The molecule has 100 valence electrons. The molecule has 1 heterocycles. The van der Waals surface area contributed by atoms with Crippen LogP contribution >= 0.6 is 0 Å². The molecule has 0 saturated heterocycles. The third-order valence-corrected chi connectivity index (χ3v) is 3.14. The molecule has 0 aliphatic carbocycles. The lowest BCUT2D eigenvalue weighted by molar-refractivity contribution is -0.385. The molecule has 19 heavy (non-hydrogen) atoms. The summed E-state index contributed by atoms with van der Waals surface area (Å²) in [4.78, 5) is 10.4. The van der Waals surface area contributed by atoms with Crippen LogP contribution in [0.15, 0.2) is 18.2 Å². The molecule has 2 N–H and O–H groups in total. The minimum Gasteiger partial charge on any atom is -0.381 e. The number of H-pyrrole nitrogens is 1. The Hall–Kier alpha value is -2.37. The van der Waals surface area contributed by atoms with Crippen LogP contribution in [0.3, 0.4) is 0 Å². The Bertz CT molecular complexity index is 600. The van der Waals surface area contributed by atoms with Crippen molar-refractivity contribution in [2.75, 3.05) is 5.32 Å². The SMILES string of the molecule is Cc1cc(NCc2c(C)n[nH]c2C)ccc1[N+](=O)[O-]. The molecule has 1 aromatic carbocycles. The van der Waals surface area contributed by atoms with Crippen LogP contribution in [-0.4, -0.2) is 15.1 Å². The van der Waals surface area contributed by atoms with Crippen LogP contribution in [0.5, 0.6) is 0 Å². The number of nitro benzene ring substituents is 1. The monoisotopic (exact) mass is 260 g/mol. The van der Waals surface area contributed by atoms with E-state index in [9.17, 15) is 10.1 Å². The Morgan fingerprint density at radius 3 is 2.63 bits per heavy atom. The number of aromatic nitrogens is 2. The summed E-state index contributed by atoms with van der Waals surface area (Å²) in [7, 11) is 0. The van der Waals surface area contributed by atoms with Gasteiger partial charge >= 0.3 is 0 Å². The average Bonchev–Trinajstić information content (AvgIpc) is 2.66. The Morgan fingerprint density at radius 2 is 2.11 bits per heavy atom. The van der Waals surface area contributed by atoms with Gasteiger partial charge in [0.25, 0.3) is 5.69 Å². The largest absolute Gasteiger partial charge is 0.381 e. The maximum atomic E-state index is 10.7. The van der Waals surface area contributed by atoms with Crippen LogP contribution in [0, 0.1) is 30.9 Å². The van der Waals surface area contributed by atoms with Gasteiger partial charge in [-0.3, -0.25) is 15.2 Å². The molecule has 6 nitrogen and oxygen atoms in total. The zero-order valence-corrected chi connectivity index (χ0v) is 11.2. The second-order valence-corrected chi connectivity index (χ2v) is 4.52. The van der Waals surface area contributed by atoms with Crippen LogP contribution < -0.4 is 5.32 Å². The number of rotatable bonds is 4. The molecule has 0 spiro atoms. The lowest BCUT2D eigenvalue weighted by Gasteiger charge is -2.07. The van der Waals surface area contributed by atoms with Crippen LogP contribution in [0.2, 0.25) is 0 Å². The fourth-order valence-electron chi connectivity index (χ4n) is 2.00. The molecular weight excluding hydrogens is 244 g/mol. The topological polar surface area (TPSA) is 83.8 Å². The van der Waals surface area contributed by atoms with Gasteiger partial charge < -0.3 is 5.32 Å². The first-order valence-electron chi connectivity index (χ1n) is 5.98. The molecule has 0 radical (unpaired) electrons. The number of benzene rings is 1. The molecule has 0 aliphatic rings. The highest BCUT2D eigenvalue weighted by atomic mass is 16.6. The van der Waals surface area contributed by atoms with Gasteiger partial charge in [0.2, 0.25) is 0 Å². The third-order valence-electron chi connectivity index (χ3n) is 3.14. The highest BCUT2D eigenvalue weighted by Gasteiger charge is 2.11. The maximum Gasteiger partial charge on any atom is 0.272 e. The Labute approximate surface area is 111 Å². The number of hydrogen-bond donors (Lipinski definition) is 2. The molecule has 0 bridgehead atoms. The number of nitro groups is 1.